The summed E-state index contributed by atoms with van der Waals surface area (Å²) in [4.78, 5) is 0. The SMILES string of the molecule is C(#Cc1ccccc1)CNCC1CC1. The monoisotopic (exact) mass is 185 g/mol. The first-order valence-corrected chi connectivity index (χ1v) is 5.20. The van der Waals surface area contributed by atoms with Crippen molar-refractivity contribution in [1.29, 1.82) is 0 Å². The molecule has 1 aliphatic carbocycles. The van der Waals surface area contributed by atoms with Gasteiger partial charge in [-0.3, -0.25) is 0 Å². The second-order valence-electron chi connectivity index (χ2n) is 3.74. The molecule has 1 nitrogen and oxygen atoms in total. The lowest BCUT2D eigenvalue weighted by molar-refractivity contribution is 0.689. The molecule has 14 heavy (non-hydrogen) atoms. The number of nitrogens with one attached hydrogen (secondary N) is 1. The number of benzene rings is 1. The van der Waals surface area contributed by atoms with Crippen LogP contribution in [0.3, 0.4) is 0 Å². The van der Waals surface area contributed by atoms with Crippen LogP contribution in [0.4, 0.5) is 0 Å². The Bertz CT molecular complexity index is 327. The first-order valence-electron chi connectivity index (χ1n) is 5.20. The van der Waals surface area contributed by atoms with Crippen molar-refractivity contribution in [3.05, 3.63) is 35.9 Å². The zero-order chi connectivity index (χ0) is 9.64. The zero-order valence-electron chi connectivity index (χ0n) is 8.29. The van der Waals surface area contributed by atoms with Crippen molar-refractivity contribution in [3.63, 3.8) is 0 Å². The topological polar surface area (TPSA) is 12.0 Å². The van der Waals surface area contributed by atoms with Crippen molar-refractivity contribution in [2.75, 3.05) is 13.1 Å². The second-order valence-corrected chi connectivity index (χ2v) is 3.74. The molecule has 1 saturated carbocycles. The summed E-state index contributed by atoms with van der Waals surface area (Å²) in [5.41, 5.74) is 1.10. The van der Waals surface area contributed by atoms with Gasteiger partial charge in [-0.1, -0.05) is 30.0 Å². The molecule has 0 atom stereocenters. The quantitative estimate of drug-likeness (QED) is 0.561. The van der Waals surface area contributed by atoms with Crippen LogP contribution in [-0.4, -0.2) is 13.1 Å². The lowest BCUT2D eigenvalue weighted by atomic mass is 10.2. The molecule has 2 rings (SSSR count). The molecule has 0 saturated heterocycles. The third kappa shape index (κ3) is 3.24. The summed E-state index contributed by atoms with van der Waals surface area (Å²) in [5.74, 6) is 7.19. The third-order valence-electron chi connectivity index (χ3n) is 2.35. The van der Waals surface area contributed by atoms with Gasteiger partial charge in [-0.25, -0.2) is 0 Å². The van der Waals surface area contributed by atoms with Crippen molar-refractivity contribution in [3.8, 4) is 11.8 Å². The van der Waals surface area contributed by atoms with E-state index < -0.39 is 0 Å². The number of hydrogen-bond acceptors (Lipinski definition) is 1. The van der Waals surface area contributed by atoms with Gasteiger partial charge in [-0.05, 0) is 37.4 Å². The van der Waals surface area contributed by atoms with Gasteiger partial charge in [-0.2, -0.15) is 0 Å². The smallest absolute Gasteiger partial charge is 0.0580 e. The fourth-order valence-electron chi connectivity index (χ4n) is 1.33. The van der Waals surface area contributed by atoms with Gasteiger partial charge in [0.25, 0.3) is 0 Å². The summed E-state index contributed by atoms with van der Waals surface area (Å²) >= 11 is 0. The van der Waals surface area contributed by atoms with E-state index in [-0.39, 0.29) is 0 Å². The molecule has 0 radical (unpaired) electrons. The van der Waals surface area contributed by atoms with Crippen LogP contribution in [0.1, 0.15) is 18.4 Å². The average Bonchev–Trinajstić information content (AvgIpc) is 3.03. The lowest BCUT2D eigenvalue weighted by Crippen LogP contribution is -2.16. The third-order valence-corrected chi connectivity index (χ3v) is 2.35. The standard InChI is InChI=1S/C13H15N/c1-2-5-12(6-3-1)7-4-10-14-11-13-8-9-13/h1-3,5-6,13-14H,8-11H2. The number of hydrogen-bond donors (Lipinski definition) is 1. The van der Waals surface area contributed by atoms with E-state index in [4.69, 9.17) is 0 Å². The van der Waals surface area contributed by atoms with Gasteiger partial charge in [0.1, 0.15) is 0 Å². The summed E-state index contributed by atoms with van der Waals surface area (Å²) in [6.07, 6.45) is 2.80. The van der Waals surface area contributed by atoms with E-state index in [1.807, 2.05) is 30.3 Å². The lowest BCUT2D eigenvalue weighted by Gasteiger charge is -1.95. The van der Waals surface area contributed by atoms with Crippen LogP contribution in [0.25, 0.3) is 0 Å². The molecular weight excluding hydrogens is 170 g/mol. The van der Waals surface area contributed by atoms with Crippen molar-refractivity contribution < 1.29 is 0 Å². The molecule has 0 amide bonds. The van der Waals surface area contributed by atoms with Crippen LogP contribution in [0.5, 0.6) is 0 Å². The van der Waals surface area contributed by atoms with E-state index >= 15 is 0 Å². The van der Waals surface area contributed by atoms with Crippen LogP contribution >= 0.6 is 0 Å². The summed E-state index contributed by atoms with van der Waals surface area (Å²) in [7, 11) is 0. The van der Waals surface area contributed by atoms with Gasteiger partial charge in [0.2, 0.25) is 0 Å². The van der Waals surface area contributed by atoms with E-state index in [1.165, 1.54) is 12.8 Å². The molecule has 0 bridgehead atoms. The van der Waals surface area contributed by atoms with E-state index in [1.54, 1.807) is 0 Å². The van der Waals surface area contributed by atoms with Crippen LogP contribution < -0.4 is 5.32 Å². The highest BCUT2D eigenvalue weighted by atomic mass is 14.9. The summed E-state index contributed by atoms with van der Waals surface area (Å²) in [6, 6.07) is 10.1. The second kappa shape index (κ2) is 4.83. The Morgan fingerprint density at radius 2 is 2.00 bits per heavy atom. The fraction of sp³-hybridized carbons (Fsp3) is 0.385. The largest absolute Gasteiger partial charge is 0.306 e. The Labute approximate surface area is 85.5 Å². The first-order chi connectivity index (χ1) is 6.95. The minimum Gasteiger partial charge on any atom is -0.306 e. The molecule has 1 aliphatic rings. The van der Waals surface area contributed by atoms with Crippen LogP contribution in [0, 0.1) is 17.8 Å². The summed E-state index contributed by atoms with van der Waals surface area (Å²) in [5, 5.41) is 3.34. The highest BCUT2D eigenvalue weighted by Gasteiger charge is 2.19. The Hall–Kier alpha value is -1.26. The van der Waals surface area contributed by atoms with Gasteiger partial charge in [0, 0.05) is 5.56 Å². The molecule has 72 valence electrons. The molecule has 1 N–H and O–H groups in total. The molecule has 1 heteroatoms. The predicted octanol–water partition coefficient (Wildman–Crippen LogP) is 2.04. The summed E-state index contributed by atoms with van der Waals surface area (Å²) in [6.45, 7) is 1.95. The predicted molar refractivity (Wildman–Crippen MR) is 58.9 cm³/mol. The maximum absolute atomic E-state index is 3.34. The minimum atomic E-state index is 0.811. The Morgan fingerprint density at radius 1 is 1.21 bits per heavy atom. The van der Waals surface area contributed by atoms with Gasteiger partial charge in [0.05, 0.1) is 6.54 Å². The zero-order valence-corrected chi connectivity index (χ0v) is 8.29. The maximum Gasteiger partial charge on any atom is 0.0580 e. The van der Waals surface area contributed by atoms with Gasteiger partial charge < -0.3 is 5.32 Å². The molecule has 1 aromatic rings. The van der Waals surface area contributed by atoms with Crippen molar-refractivity contribution >= 4 is 0 Å². The highest BCUT2D eigenvalue weighted by Crippen LogP contribution is 2.27. The average molecular weight is 185 g/mol. The Kier molecular flexibility index (Phi) is 3.21. The molecule has 1 fully saturated rings. The highest BCUT2D eigenvalue weighted by molar-refractivity contribution is 5.33. The molecule has 0 unspecified atom stereocenters. The first kappa shape index (κ1) is 9.30. The molecule has 1 aromatic carbocycles. The number of rotatable bonds is 3. The normalized spacial score (nSPS) is 14.6. The van der Waals surface area contributed by atoms with Gasteiger partial charge in [0.15, 0.2) is 0 Å². The van der Waals surface area contributed by atoms with Crippen molar-refractivity contribution in [2.24, 2.45) is 5.92 Å². The summed E-state index contributed by atoms with van der Waals surface area (Å²) < 4.78 is 0. The van der Waals surface area contributed by atoms with Crippen molar-refractivity contribution in [2.45, 2.75) is 12.8 Å². The van der Waals surface area contributed by atoms with E-state index in [0.29, 0.717) is 0 Å². The molecule has 0 aliphatic heterocycles. The maximum atomic E-state index is 3.34. The molecule has 0 heterocycles. The molecular formula is C13H15N. The molecule has 0 aromatic heterocycles. The van der Waals surface area contributed by atoms with Gasteiger partial charge in [-0.15, -0.1) is 0 Å². The Balaban J connectivity index is 1.70. The van der Waals surface area contributed by atoms with Crippen LogP contribution in [0.15, 0.2) is 30.3 Å². The Morgan fingerprint density at radius 3 is 2.71 bits per heavy atom. The minimum absolute atomic E-state index is 0.811. The van der Waals surface area contributed by atoms with Crippen LogP contribution in [-0.2, 0) is 0 Å². The fourth-order valence-corrected chi connectivity index (χ4v) is 1.33. The van der Waals surface area contributed by atoms with E-state index in [2.05, 4.69) is 17.2 Å². The van der Waals surface area contributed by atoms with Gasteiger partial charge >= 0.3 is 0 Å². The molecule has 0 spiro atoms. The van der Waals surface area contributed by atoms with E-state index in [0.717, 1.165) is 24.6 Å². The van der Waals surface area contributed by atoms with Crippen LogP contribution in [0.2, 0.25) is 0 Å². The van der Waals surface area contributed by atoms with Crippen molar-refractivity contribution in [1.82, 2.24) is 5.32 Å². The van der Waals surface area contributed by atoms with E-state index in [9.17, 15) is 0 Å².